The van der Waals surface area contributed by atoms with Gasteiger partial charge in [0.25, 0.3) is 0 Å². The molecule has 0 fully saturated rings. The Morgan fingerprint density at radius 2 is 1.43 bits per heavy atom. The van der Waals surface area contributed by atoms with Gasteiger partial charge < -0.3 is 0 Å². The van der Waals surface area contributed by atoms with E-state index in [1.165, 1.54) is 0 Å². The van der Waals surface area contributed by atoms with Gasteiger partial charge in [0.2, 0.25) is 0 Å². The fraction of sp³-hybridized carbons (Fsp3) is 0.818. The second-order valence-corrected chi connectivity index (χ2v) is 5.88. The first-order valence-corrected chi connectivity index (χ1v) is 5.04. The largest absolute Gasteiger partial charge is 0.252 e. The predicted molar refractivity (Wildman–Crippen MR) is 58.4 cm³/mol. The Morgan fingerprint density at radius 1 is 0.929 bits per heavy atom. The summed E-state index contributed by atoms with van der Waals surface area (Å²) in [6.07, 6.45) is 0. The van der Waals surface area contributed by atoms with Crippen molar-refractivity contribution < 1.29 is 0 Å². The van der Waals surface area contributed by atoms with Crippen LogP contribution < -0.4 is 0 Å². The monoisotopic (exact) mass is 195 g/mol. The standard InChI is InChI=1S/C11H21N3/c1-10(2,3)8-12-9(11(4,5)6)14(7)13-8/h1-7H3. The molecule has 0 bridgehead atoms. The first kappa shape index (κ1) is 11.2. The Labute approximate surface area is 86.5 Å². The third-order valence-electron chi connectivity index (χ3n) is 2.10. The highest BCUT2D eigenvalue weighted by Crippen LogP contribution is 2.24. The van der Waals surface area contributed by atoms with Crippen molar-refractivity contribution in [3.63, 3.8) is 0 Å². The molecule has 3 nitrogen and oxygen atoms in total. The van der Waals surface area contributed by atoms with Gasteiger partial charge in [0, 0.05) is 17.9 Å². The summed E-state index contributed by atoms with van der Waals surface area (Å²) in [5.74, 6) is 1.97. The fourth-order valence-corrected chi connectivity index (χ4v) is 1.36. The third-order valence-corrected chi connectivity index (χ3v) is 2.10. The van der Waals surface area contributed by atoms with Gasteiger partial charge in [0.05, 0.1) is 0 Å². The van der Waals surface area contributed by atoms with Gasteiger partial charge >= 0.3 is 0 Å². The second-order valence-electron chi connectivity index (χ2n) is 5.88. The van der Waals surface area contributed by atoms with Crippen molar-refractivity contribution in [3.05, 3.63) is 11.6 Å². The van der Waals surface area contributed by atoms with E-state index in [4.69, 9.17) is 0 Å². The van der Waals surface area contributed by atoms with Gasteiger partial charge in [-0.15, -0.1) is 0 Å². The number of aryl methyl sites for hydroxylation is 1. The molecule has 1 aromatic heterocycles. The molecular formula is C11H21N3. The van der Waals surface area contributed by atoms with Crippen molar-refractivity contribution in [2.45, 2.75) is 52.4 Å². The minimum atomic E-state index is 0.0290. The molecule has 0 aliphatic carbocycles. The van der Waals surface area contributed by atoms with Crippen LogP contribution in [-0.2, 0) is 17.9 Å². The fourth-order valence-electron chi connectivity index (χ4n) is 1.36. The Morgan fingerprint density at radius 3 is 1.64 bits per heavy atom. The van der Waals surface area contributed by atoms with Crippen LogP contribution in [0.25, 0.3) is 0 Å². The van der Waals surface area contributed by atoms with Gasteiger partial charge in [-0.05, 0) is 0 Å². The quantitative estimate of drug-likeness (QED) is 0.636. The number of rotatable bonds is 0. The number of hydrogen-bond donors (Lipinski definition) is 0. The molecule has 0 amide bonds. The molecule has 0 aromatic carbocycles. The lowest BCUT2D eigenvalue weighted by Crippen LogP contribution is -2.18. The summed E-state index contributed by atoms with van der Waals surface area (Å²) >= 11 is 0. The maximum atomic E-state index is 4.60. The summed E-state index contributed by atoms with van der Waals surface area (Å²) in [5.41, 5.74) is 0.0898. The van der Waals surface area contributed by atoms with Gasteiger partial charge in [-0.25, -0.2) is 4.98 Å². The Balaban J connectivity index is 3.19. The van der Waals surface area contributed by atoms with Gasteiger partial charge in [0.1, 0.15) is 5.82 Å². The van der Waals surface area contributed by atoms with Crippen molar-refractivity contribution in [2.75, 3.05) is 0 Å². The highest BCUT2D eigenvalue weighted by Gasteiger charge is 2.26. The molecule has 14 heavy (non-hydrogen) atoms. The zero-order chi connectivity index (χ0) is 11.1. The molecule has 0 aliphatic heterocycles. The third kappa shape index (κ3) is 2.14. The SMILES string of the molecule is Cn1nc(C(C)(C)C)nc1C(C)(C)C. The van der Waals surface area contributed by atoms with Crippen LogP contribution in [0.1, 0.15) is 53.2 Å². The smallest absolute Gasteiger partial charge is 0.156 e. The Hall–Kier alpha value is -0.860. The van der Waals surface area contributed by atoms with Crippen LogP contribution in [0.15, 0.2) is 0 Å². The van der Waals surface area contributed by atoms with E-state index in [0.717, 1.165) is 11.6 Å². The van der Waals surface area contributed by atoms with Gasteiger partial charge in [-0.1, -0.05) is 41.5 Å². The van der Waals surface area contributed by atoms with Crippen molar-refractivity contribution >= 4 is 0 Å². The molecule has 3 heteroatoms. The van der Waals surface area contributed by atoms with E-state index < -0.39 is 0 Å². The molecule has 1 aromatic rings. The summed E-state index contributed by atoms with van der Waals surface area (Å²) < 4.78 is 1.89. The summed E-state index contributed by atoms with van der Waals surface area (Å²) in [7, 11) is 1.96. The first-order chi connectivity index (χ1) is 6.12. The van der Waals surface area contributed by atoms with Crippen LogP contribution in [0.2, 0.25) is 0 Å². The molecule has 0 N–H and O–H groups in total. The van der Waals surface area contributed by atoms with Gasteiger partial charge in [-0.3, -0.25) is 4.68 Å². The molecular weight excluding hydrogens is 174 g/mol. The normalized spacial score (nSPS) is 13.4. The second kappa shape index (κ2) is 3.07. The molecule has 1 rings (SSSR count). The minimum absolute atomic E-state index is 0.0290. The van der Waals surface area contributed by atoms with Crippen molar-refractivity contribution in [1.29, 1.82) is 0 Å². The summed E-state index contributed by atoms with van der Waals surface area (Å²) in [6.45, 7) is 12.9. The molecule has 0 aliphatic rings. The van der Waals surface area contributed by atoms with Crippen LogP contribution >= 0.6 is 0 Å². The molecule has 80 valence electrons. The first-order valence-electron chi connectivity index (χ1n) is 5.04. The maximum Gasteiger partial charge on any atom is 0.156 e. The van der Waals surface area contributed by atoms with E-state index in [1.54, 1.807) is 0 Å². The van der Waals surface area contributed by atoms with E-state index in [1.807, 2.05) is 11.7 Å². The number of nitrogens with zero attached hydrogens (tertiary/aromatic N) is 3. The highest BCUT2D eigenvalue weighted by molar-refractivity contribution is 5.09. The zero-order valence-electron chi connectivity index (χ0n) is 10.3. The molecule has 0 spiro atoms. The lowest BCUT2D eigenvalue weighted by Gasteiger charge is -2.16. The van der Waals surface area contributed by atoms with Crippen LogP contribution in [0.4, 0.5) is 0 Å². The molecule has 1 heterocycles. The molecule has 0 saturated carbocycles. The average molecular weight is 195 g/mol. The lowest BCUT2D eigenvalue weighted by atomic mass is 9.94. The van der Waals surface area contributed by atoms with E-state index in [-0.39, 0.29) is 10.8 Å². The van der Waals surface area contributed by atoms with Crippen LogP contribution in [0.5, 0.6) is 0 Å². The molecule has 0 atom stereocenters. The van der Waals surface area contributed by atoms with E-state index in [2.05, 4.69) is 51.6 Å². The Bertz CT molecular complexity index is 323. The van der Waals surface area contributed by atoms with Crippen LogP contribution in [-0.4, -0.2) is 14.8 Å². The number of aromatic nitrogens is 3. The minimum Gasteiger partial charge on any atom is -0.252 e. The summed E-state index contributed by atoms with van der Waals surface area (Å²) in [4.78, 5) is 4.60. The average Bonchev–Trinajstić information content (AvgIpc) is 2.27. The van der Waals surface area contributed by atoms with E-state index in [9.17, 15) is 0 Å². The summed E-state index contributed by atoms with van der Waals surface area (Å²) in [5, 5.41) is 4.45. The summed E-state index contributed by atoms with van der Waals surface area (Å²) in [6, 6.07) is 0. The van der Waals surface area contributed by atoms with Crippen molar-refractivity contribution in [3.8, 4) is 0 Å². The molecule has 0 unspecified atom stereocenters. The molecule has 0 radical (unpaired) electrons. The van der Waals surface area contributed by atoms with E-state index in [0.29, 0.717) is 0 Å². The zero-order valence-corrected chi connectivity index (χ0v) is 10.3. The van der Waals surface area contributed by atoms with Crippen molar-refractivity contribution in [1.82, 2.24) is 14.8 Å². The number of hydrogen-bond acceptors (Lipinski definition) is 2. The van der Waals surface area contributed by atoms with E-state index >= 15 is 0 Å². The lowest BCUT2D eigenvalue weighted by molar-refractivity contribution is 0.506. The van der Waals surface area contributed by atoms with Crippen LogP contribution in [0, 0.1) is 0 Å². The van der Waals surface area contributed by atoms with Crippen molar-refractivity contribution in [2.24, 2.45) is 7.05 Å². The maximum absolute atomic E-state index is 4.60. The molecule has 0 saturated heterocycles. The Kier molecular flexibility index (Phi) is 2.46. The highest BCUT2D eigenvalue weighted by atomic mass is 15.3. The predicted octanol–water partition coefficient (Wildman–Crippen LogP) is 2.41. The van der Waals surface area contributed by atoms with Crippen LogP contribution in [0.3, 0.4) is 0 Å². The van der Waals surface area contributed by atoms with Gasteiger partial charge in [0.15, 0.2) is 5.82 Å². The topological polar surface area (TPSA) is 30.7 Å². The van der Waals surface area contributed by atoms with Gasteiger partial charge in [-0.2, -0.15) is 5.10 Å².